The lowest BCUT2D eigenvalue weighted by atomic mass is 10.1. The molecule has 2 aromatic heterocycles. The van der Waals surface area contributed by atoms with Crippen molar-refractivity contribution in [3.8, 4) is 0 Å². The molecule has 0 saturated carbocycles. The minimum absolute atomic E-state index is 0.0718. The van der Waals surface area contributed by atoms with E-state index in [0.29, 0.717) is 6.54 Å². The molecule has 0 spiro atoms. The predicted octanol–water partition coefficient (Wildman–Crippen LogP) is 3.85. The molecule has 1 aromatic carbocycles. The van der Waals surface area contributed by atoms with E-state index in [4.69, 9.17) is 0 Å². The van der Waals surface area contributed by atoms with Gasteiger partial charge < -0.3 is 10.6 Å². The molecule has 0 aliphatic heterocycles. The normalized spacial score (nSPS) is 12.0. The van der Waals surface area contributed by atoms with Gasteiger partial charge in [-0.25, -0.2) is 0 Å². The van der Waals surface area contributed by atoms with Crippen LogP contribution in [0, 0.1) is 0 Å². The standard InChI is InChI=1S/C18H18N2O2S2/c1-12(21)20-15(17-7-4-8-23-17)9-18(22)19-10-13-11-24-16-6-3-2-5-14(13)16/h2-8,11,15H,9-10H2,1H3,(H,19,22)(H,20,21)/t15-/m0/s1. The van der Waals surface area contributed by atoms with Crippen LogP contribution in [0.2, 0.25) is 0 Å². The van der Waals surface area contributed by atoms with Gasteiger partial charge in [0.2, 0.25) is 11.8 Å². The topological polar surface area (TPSA) is 58.2 Å². The Hall–Kier alpha value is -2.18. The first kappa shape index (κ1) is 16.7. The van der Waals surface area contributed by atoms with Crippen LogP contribution in [0.25, 0.3) is 10.1 Å². The molecule has 6 heteroatoms. The van der Waals surface area contributed by atoms with Crippen molar-refractivity contribution >= 4 is 44.6 Å². The molecule has 0 aliphatic rings. The zero-order valence-electron chi connectivity index (χ0n) is 13.2. The Labute approximate surface area is 148 Å². The molecular formula is C18H18N2O2S2. The second kappa shape index (κ2) is 7.59. The van der Waals surface area contributed by atoms with E-state index in [-0.39, 0.29) is 24.3 Å². The van der Waals surface area contributed by atoms with Gasteiger partial charge in [0.05, 0.1) is 12.5 Å². The minimum atomic E-state index is -0.276. The Morgan fingerprint density at radius 2 is 1.96 bits per heavy atom. The molecule has 4 nitrogen and oxygen atoms in total. The van der Waals surface area contributed by atoms with E-state index in [2.05, 4.69) is 28.1 Å². The van der Waals surface area contributed by atoms with Crippen LogP contribution in [0.1, 0.15) is 29.8 Å². The van der Waals surface area contributed by atoms with Crippen LogP contribution >= 0.6 is 22.7 Å². The smallest absolute Gasteiger partial charge is 0.222 e. The molecule has 0 unspecified atom stereocenters. The summed E-state index contributed by atoms with van der Waals surface area (Å²) in [5.41, 5.74) is 1.12. The average molecular weight is 358 g/mol. The quantitative estimate of drug-likeness (QED) is 0.703. The first-order chi connectivity index (χ1) is 11.6. The molecular weight excluding hydrogens is 340 g/mol. The zero-order valence-corrected chi connectivity index (χ0v) is 14.9. The molecule has 24 heavy (non-hydrogen) atoms. The van der Waals surface area contributed by atoms with Crippen molar-refractivity contribution in [1.82, 2.24) is 10.6 Å². The number of hydrogen-bond donors (Lipinski definition) is 2. The van der Waals surface area contributed by atoms with Crippen LogP contribution in [0.5, 0.6) is 0 Å². The molecule has 2 heterocycles. The maximum Gasteiger partial charge on any atom is 0.222 e. The van der Waals surface area contributed by atoms with Gasteiger partial charge in [0, 0.05) is 23.0 Å². The highest BCUT2D eigenvalue weighted by Gasteiger charge is 2.18. The summed E-state index contributed by atoms with van der Waals surface area (Å²) >= 11 is 3.22. The van der Waals surface area contributed by atoms with Crippen LogP contribution in [-0.4, -0.2) is 11.8 Å². The van der Waals surface area contributed by atoms with Gasteiger partial charge >= 0.3 is 0 Å². The van der Waals surface area contributed by atoms with E-state index in [0.717, 1.165) is 10.4 Å². The van der Waals surface area contributed by atoms with Crippen LogP contribution in [0.4, 0.5) is 0 Å². The fraction of sp³-hybridized carbons (Fsp3) is 0.222. The van der Waals surface area contributed by atoms with E-state index in [1.807, 2.05) is 29.6 Å². The maximum absolute atomic E-state index is 12.3. The number of benzene rings is 1. The fourth-order valence-electron chi connectivity index (χ4n) is 2.58. The third kappa shape index (κ3) is 4.01. The van der Waals surface area contributed by atoms with Crippen molar-refractivity contribution in [1.29, 1.82) is 0 Å². The van der Waals surface area contributed by atoms with Crippen molar-refractivity contribution in [2.24, 2.45) is 0 Å². The maximum atomic E-state index is 12.3. The Morgan fingerprint density at radius 3 is 2.71 bits per heavy atom. The molecule has 124 valence electrons. The molecule has 1 atom stereocenters. The summed E-state index contributed by atoms with van der Waals surface area (Å²) in [5.74, 6) is -0.206. The highest BCUT2D eigenvalue weighted by Crippen LogP contribution is 2.26. The second-order valence-electron chi connectivity index (χ2n) is 5.51. The van der Waals surface area contributed by atoms with Crippen LogP contribution < -0.4 is 10.6 Å². The van der Waals surface area contributed by atoms with Gasteiger partial charge in [-0.05, 0) is 33.8 Å². The number of thiophene rings is 2. The summed E-state index contributed by atoms with van der Waals surface area (Å²) < 4.78 is 1.22. The minimum Gasteiger partial charge on any atom is -0.352 e. The monoisotopic (exact) mass is 358 g/mol. The Bertz CT molecular complexity index is 840. The van der Waals surface area contributed by atoms with Gasteiger partial charge in [0.25, 0.3) is 0 Å². The Balaban J connectivity index is 1.62. The Morgan fingerprint density at radius 1 is 1.12 bits per heavy atom. The largest absolute Gasteiger partial charge is 0.352 e. The number of carbonyl (C=O) groups excluding carboxylic acids is 2. The van der Waals surface area contributed by atoms with Crippen molar-refractivity contribution in [3.63, 3.8) is 0 Å². The lowest BCUT2D eigenvalue weighted by Gasteiger charge is -2.16. The molecule has 3 aromatic rings. The van der Waals surface area contributed by atoms with E-state index in [1.54, 1.807) is 11.3 Å². The molecule has 2 amide bonds. The average Bonchev–Trinajstić information content (AvgIpc) is 3.22. The number of nitrogens with one attached hydrogen (secondary N) is 2. The van der Waals surface area contributed by atoms with E-state index in [1.165, 1.54) is 28.3 Å². The van der Waals surface area contributed by atoms with Gasteiger partial charge in [0.15, 0.2) is 0 Å². The fourth-order valence-corrected chi connectivity index (χ4v) is 4.32. The van der Waals surface area contributed by atoms with Crippen LogP contribution in [0.15, 0.2) is 47.2 Å². The number of carbonyl (C=O) groups is 2. The first-order valence-electron chi connectivity index (χ1n) is 7.66. The van der Waals surface area contributed by atoms with E-state index >= 15 is 0 Å². The molecule has 0 radical (unpaired) electrons. The number of hydrogen-bond acceptors (Lipinski definition) is 4. The van der Waals surface area contributed by atoms with Gasteiger partial charge in [-0.1, -0.05) is 24.3 Å². The van der Waals surface area contributed by atoms with Crippen molar-refractivity contribution in [2.75, 3.05) is 0 Å². The third-order valence-electron chi connectivity index (χ3n) is 3.69. The SMILES string of the molecule is CC(=O)N[C@@H](CC(=O)NCc1csc2ccccc12)c1cccs1. The summed E-state index contributed by atoms with van der Waals surface area (Å²) in [5, 5.41) is 11.0. The van der Waals surface area contributed by atoms with Crippen LogP contribution in [0.3, 0.4) is 0 Å². The number of fused-ring (bicyclic) bond motifs is 1. The van der Waals surface area contributed by atoms with Crippen LogP contribution in [-0.2, 0) is 16.1 Å². The summed E-state index contributed by atoms with van der Waals surface area (Å²) in [6, 6.07) is 11.7. The second-order valence-corrected chi connectivity index (χ2v) is 7.40. The van der Waals surface area contributed by atoms with Gasteiger partial charge in [-0.3, -0.25) is 9.59 Å². The van der Waals surface area contributed by atoms with Gasteiger partial charge in [-0.2, -0.15) is 0 Å². The molecule has 0 saturated heterocycles. The number of rotatable bonds is 6. The molecule has 2 N–H and O–H groups in total. The van der Waals surface area contributed by atoms with Crippen molar-refractivity contribution in [3.05, 3.63) is 57.6 Å². The molecule has 0 aliphatic carbocycles. The lowest BCUT2D eigenvalue weighted by molar-refractivity contribution is -0.122. The van der Waals surface area contributed by atoms with Crippen molar-refractivity contribution in [2.45, 2.75) is 25.9 Å². The highest BCUT2D eigenvalue weighted by molar-refractivity contribution is 7.17. The van der Waals surface area contributed by atoms with Gasteiger partial charge in [-0.15, -0.1) is 22.7 Å². The highest BCUT2D eigenvalue weighted by atomic mass is 32.1. The lowest BCUT2D eigenvalue weighted by Crippen LogP contribution is -2.32. The summed E-state index contributed by atoms with van der Waals surface area (Å²) in [4.78, 5) is 24.7. The van der Waals surface area contributed by atoms with Crippen molar-refractivity contribution < 1.29 is 9.59 Å². The molecule has 3 rings (SSSR count). The summed E-state index contributed by atoms with van der Waals surface area (Å²) in [6.07, 6.45) is 0.238. The Kier molecular flexibility index (Phi) is 5.27. The third-order valence-corrected chi connectivity index (χ3v) is 5.69. The molecule has 0 bridgehead atoms. The predicted molar refractivity (Wildman–Crippen MR) is 99.2 cm³/mol. The first-order valence-corrected chi connectivity index (χ1v) is 9.41. The van der Waals surface area contributed by atoms with E-state index < -0.39 is 0 Å². The van der Waals surface area contributed by atoms with E-state index in [9.17, 15) is 9.59 Å². The number of amides is 2. The summed E-state index contributed by atoms with van der Waals surface area (Å²) in [7, 11) is 0. The van der Waals surface area contributed by atoms with Gasteiger partial charge in [0.1, 0.15) is 0 Å². The zero-order chi connectivity index (χ0) is 16.9. The summed E-state index contributed by atoms with van der Waals surface area (Å²) in [6.45, 7) is 1.97. The molecule has 0 fully saturated rings.